The lowest BCUT2D eigenvalue weighted by Crippen LogP contribution is -2.04. The molecule has 0 spiro atoms. The summed E-state index contributed by atoms with van der Waals surface area (Å²) in [5, 5.41) is 16.8. The van der Waals surface area contributed by atoms with Gasteiger partial charge in [0.05, 0.1) is 5.39 Å². The molecule has 2 aromatic heterocycles. The van der Waals surface area contributed by atoms with Crippen molar-refractivity contribution in [2.45, 2.75) is 38.0 Å². The number of hydrogen-bond donors (Lipinski definition) is 2. The second kappa shape index (κ2) is 4.36. The molecule has 0 saturated heterocycles. The number of rotatable bonds is 3. The van der Waals surface area contributed by atoms with Crippen molar-refractivity contribution in [3.63, 3.8) is 0 Å². The molecule has 6 heteroatoms. The Balaban J connectivity index is 1.96. The monoisotopic (exact) mass is 246 g/mol. The van der Waals surface area contributed by atoms with E-state index in [1.807, 2.05) is 0 Å². The van der Waals surface area contributed by atoms with Gasteiger partial charge in [-0.3, -0.25) is 9.89 Å². The van der Waals surface area contributed by atoms with Crippen molar-refractivity contribution in [1.82, 2.24) is 20.2 Å². The molecule has 0 aromatic carbocycles. The maximum atomic E-state index is 10.6. The Kier molecular flexibility index (Phi) is 2.70. The van der Waals surface area contributed by atoms with Gasteiger partial charge in [-0.1, -0.05) is 12.8 Å². The Hall–Kier alpha value is -1.98. The van der Waals surface area contributed by atoms with Crippen LogP contribution >= 0.6 is 0 Å². The lowest BCUT2D eigenvalue weighted by molar-refractivity contribution is -0.136. The van der Waals surface area contributed by atoms with Crippen LogP contribution < -0.4 is 0 Å². The summed E-state index contributed by atoms with van der Waals surface area (Å²) in [6, 6.07) is 0. The molecule has 0 radical (unpaired) electrons. The van der Waals surface area contributed by atoms with E-state index < -0.39 is 5.97 Å². The number of fused-ring (bicyclic) bond motifs is 1. The summed E-state index contributed by atoms with van der Waals surface area (Å²) < 4.78 is 0. The Morgan fingerprint density at radius 3 is 2.94 bits per heavy atom. The molecule has 3 rings (SSSR count). The summed E-state index contributed by atoms with van der Waals surface area (Å²) in [5.74, 6) is -0.107. The van der Waals surface area contributed by atoms with Crippen molar-refractivity contribution >= 4 is 17.0 Å². The summed E-state index contributed by atoms with van der Waals surface area (Å²) in [6.07, 6.45) is 6.38. The maximum Gasteiger partial charge on any atom is 0.311 e. The third kappa shape index (κ3) is 1.94. The van der Waals surface area contributed by atoms with Gasteiger partial charge in [0.25, 0.3) is 0 Å². The number of aliphatic carboxylic acids is 1. The van der Waals surface area contributed by atoms with Crippen molar-refractivity contribution in [2.75, 3.05) is 0 Å². The molecule has 94 valence electrons. The number of carbonyl (C=O) groups is 1. The minimum Gasteiger partial charge on any atom is -0.481 e. The predicted octanol–water partition coefficient (Wildman–Crippen LogP) is 1.64. The fraction of sp³-hybridized carbons (Fsp3) is 0.500. The molecule has 18 heavy (non-hydrogen) atoms. The second-order valence-corrected chi connectivity index (χ2v) is 4.71. The zero-order valence-corrected chi connectivity index (χ0v) is 9.89. The van der Waals surface area contributed by atoms with Gasteiger partial charge in [0.2, 0.25) is 0 Å². The highest BCUT2D eigenvalue weighted by Crippen LogP contribution is 2.35. The fourth-order valence-corrected chi connectivity index (χ4v) is 2.60. The van der Waals surface area contributed by atoms with E-state index in [1.165, 1.54) is 25.7 Å². The van der Waals surface area contributed by atoms with Crippen LogP contribution in [-0.2, 0) is 11.2 Å². The van der Waals surface area contributed by atoms with Gasteiger partial charge in [0.1, 0.15) is 12.2 Å². The molecule has 1 aliphatic rings. The number of carboxylic acids is 1. The first kappa shape index (κ1) is 11.1. The average molecular weight is 246 g/mol. The molecular weight excluding hydrogens is 232 g/mol. The zero-order valence-electron chi connectivity index (χ0n) is 9.89. The van der Waals surface area contributed by atoms with Gasteiger partial charge in [-0.2, -0.15) is 5.10 Å². The van der Waals surface area contributed by atoms with Crippen LogP contribution in [0.15, 0.2) is 6.20 Å². The third-order valence-corrected chi connectivity index (χ3v) is 3.46. The number of H-pyrrole nitrogens is 1. The molecule has 1 fully saturated rings. The highest BCUT2D eigenvalue weighted by Gasteiger charge is 2.22. The van der Waals surface area contributed by atoms with E-state index in [2.05, 4.69) is 20.2 Å². The van der Waals surface area contributed by atoms with Gasteiger partial charge in [0.15, 0.2) is 5.65 Å². The summed E-state index contributed by atoms with van der Waals surface area (Å²) in [7, 11) is 0. The highest BCUT2D eigenvalue weighted by molar-refractivity contribution is 5.78. The number of aromatic nitrogens is 4. The minimum atomic E-state index is -0.930. The summed E-state index contributed by atoms with van der Waals surface area (Å²) >= 11 is 0. The standard InChI is InChI=1S/C12H14N4O2/c17-10(18)5-9-13-6-8-11(7-3-1-2-4-7)15-16-12(8)14-9/h6-7H,1-5H2,(H,17,18)(H,13,14,15,16). The Morgan fingerprint density at radius 2 is 2.22 bits per heavy atom. The van der Waals surface area contributed by atoms with E-state index in [4.69, 9.17) is 5.11 Å². The van der Waals surface area contributed by atoms with Crippen molar-refractivity contribution in [1.29, 1.82) is 0 Å². The van der Waals surface area contributed by atoms with Gasteiger partial charge < -0.3 is 5.11 Å². The summed E-state index contributed by atoms with van der Waals surface area (Å²) in [5.41, 5.74) is 1.67. The van der Waals surface area contributed by atoms with Gasteiger partial charge in [-0.15, -0.1) is 0 Å². The lowest BCUT2D eigenvalue weighted by Gasteiger charge is -2.05. The molecule has 1 saturated carbocycles. The molecule has 0 aliphatic heterocycles. The molecule has 6 nitrogen and oxygen atoms in total. The topological polar surface area (TPSA) is 91.8 Å². The Labute approximate surface area is 103 Å². The number of nitrogens with zero attached hydrogens (tertiary/aromatic N) is 3. The second-order valence-electron chi connectivity index (χ2n) is 4.71. The Bertz CT molecular complexity index is 587. The molecule has 2 heterocycles. The van der Waals surface area contributed by atoms with Crippen LogP contribution in [-0.4, -0.2) is 31.2 Å². The smallest absolute Gasteiger partial charge is 0.311 e. The van der Waals surface area contributed by atoms with Crippen LogP contribution in [0.1, 0.15) is 43.1 Å². The Morgan fingerprint density at radius 1 is 1.44 bits per heavy atom. The maximum absolute atomic E-state index is 10.6. The molecule has 2 N–H and O–H groups in total. The van der Waals surface area contributed by atoms with E-state index in [-0.39, 0.29) is 6.42 Å². The molecule has 0 atom stereocenters. The first-order chi connectivity index (χ1) is 8.74. The predicted molar refractivity (Wildman–Crippen MR) is 64.2 cm³/mol. The van der Waals surface area contributed by atoms with Crippen LogP contribution in [0.4, 0.5) is 0 Å². The molecular formula is C12H14N4O2. The molecule has 2 aromatic rings. The van der Waals surface area contributed by atoms with Gasteiger partial charge in [0, 0.05) is 17.8 Å². The van der Waals surface area contributed by atoms with Crippen LogP contribution in [0.25, 0.3) is 11.0 Å². The van der Waals surface area contributed by atoms with E-state index in [9.17, 15) is 4.79 Å². The van der Waals surface area contributed by atoms with Crippen molar-refractivity contribution in [3.05, 3.63) is 17.7 Å². The molecule has 1 aliphatic carbocycles. The normalized spacial score (nSPS) is 16.4. The highest BCUT2D eigenvalue weighted by atomic mass is 16.4. The minimum absolute atomic E-state index is 0.165. The van der Waals surface area contributed by atoms with E-state index in [0.29, 0.717) is 17.4 Å². The van der Waals surface area contributed by atoms with E-state index >= 15 is 0 Å². The van der Waals surface area contributed by atoms with Gasteiger partial charge in [-0.25, -0.2) is 9.97 Å². The van der Waals surface area contributed by atoms with Gasteiger partial charge >= 0.3 is 5.97 Å². The first-order valence-corrected chi connectivity index (χ1v) is 6.15. The summed E-state index contributed by atoms with van der Waals surface area (Å²) in [4.78, 5) is 18.9. The lowest BCUT2D eigenvalue weighted by atomic mass is 10.0. The van der Waals surface area contributed by atoms with Crippen molar-refractivity contribution in [2.24, 2.45) is 0 Å². The quantitative estimate of drug-likeness (QED) is 0.858. The van der Waals surface area contributed by atoms with Crippen LogP contribution in [0.2, 0.25) is 0 Å². The number of nitrogens with one attached hydrogen (secondary N) is 1. The molecule has 0 bridgehead atoms. The molecule has 0 unspecified atom stereocenters. The van der Waals surface area contributed by atoms with Gasteiger partial charge in [-0.05, 0) is 12.8 Å². The van der Waals surface area contributed by atoms with E-state index in [1.54, 1.807) is 6.20 Å². The van der Waals surface area contributed by atoms with Crippen molar-refractivity contribution < 1.29 is 9.90 Å². The third-order valence-electron chi connectivity index (χ3n) is 3.46. The van der Waals surface area contributed by atoms with Crippen LogP contribution in [0.5, 0.6) is 0 Å². The van der Waals surface area contributed by atoms with Crippen molar-refractivity contribution in [3.8, 4) is 0 Å². The first-order valence-electron chi connectivity index (χ1n) is 6.15. The number of hydrogen-bond acceptors (Lipinski definition) is 4. The molecule has 0 amide bonds. The largest absolute Gasteiger partial charge is 0.481 e. The average Bonchev–Trinajstić information content (AvgIpc) is 2.94. The van der Waals surface area contributed by atoms with Crippen LogP contribution in [0.3, 0.4) is 0 Å². The van der Waals surface area contributed by atoms with Crippen LogP contribution in [0, 0.1) is 0 Å². The number of carboxylic acid groups (broad SMARTS) is 1. The van der Waals surface area contributed by atoms with E-state index in [0.717, 1.165) is 11.1 Å². The summed E-state index contributed by atoms with van der Waals surface area (Å²) in [6.45, 7) is 0. The SMILES string of the molecule is O=C(O)Cc1ncc2c(C3CCCC3)[nH]nc2n1. The fourth-order valence-electron chi connectivity index (χ4n) is 2.60. The number of aromatic amines is 1. The zero-order chi connectivity index (χ0) is 12.5.